The summed E-state index contributed by atoms with van der Waals surface area (Å²) >= 11 is 0. The standard InChI is InChI=1S/C18H28N4O3/c1-4-25-18(24)22-11-9-15(10-12-22)20-17(23)13-19-14-5-7-16(8-6-14)21(2)3/h5-8,15,19H,4,9-13H2,1-3H3,(H,20,23). The number of rotatable bonds is 6. The van der Waals surface area contributed by atoms with Gasteiger partial charge in [-0.3, -0.25) is 4.79 Å². The minimum absolute atomic E-state index is 0.0359. The van der Waals surface area contributed by atoms with Crippen LogP contribution < -0.4 is 15.5 Å². The predicted molar refractivity (Wildman–Crippen MR) is 99.0 cm³/mol. The Morgan fingerprint density at radius 3 is 2.40 bits per heavy atom. The van der Waals surface area contributed by atoms with Gasteiger partial charge in [0.2, 0.25) is 5.91 Å². The molecule has 0 aliphatic carbocycles. The predicted octanol–water partition coefficient (Wildman–Crippen LogP) is 1.90. The topological polar surface area (TPSA) is 73.9 Å². The SMILES string of the molecule is CCOC(=O)N1CCC(NC(=O)CNc2ccc(N(C)C)cc2)CC1. The third kappa shape index (κ3) is 5.85. The van der Waals surface area contributed by atoms with Crippen molar-refractivity contribution in [2.45, 2.75) is 25.8 Å². The summed E-state index contributed by atoms with van der Waals surface area (Å²) in [4.78, 5) is 27.5. The summed E-state index contributed by atoms with van der Waals surface area (Å²) in [7, 11) is 3.98. The molecule has 7 heteroatoms. The number of ether oxygens (including phenoxy) is 1. The Balaban J connectivity index is 1.70. The molecule has 1 aromatic carbocycles. The molecule has 0 bridgehead atoms. The number of nitrogens with zero attached hydrogens (tertiary/aromatic N) is 2. The third-order valence-electron chi connectivity index (χ3n) is 4.22. The molecule has 1 aliphatic rings. The van der Waals surface area contributed by atoms with Crippen molar-refractivity contribution in [3.63, 3.8) is 0 Å². The number of hydrogen-bond acceptors (Lipinski definition) is 5. The van der Waals surface area contributed by atoms with E-state index in [0.717, 1.165) is 24.2 Å². The normalized spacial score (nSPS) is 14.8. The van der Waals surface area contributed by atoms with Crippen LogP contribution in [0.4, 0.5) is 16.2 Å². The Kier molecular flexibility index (Phi) is 6.91. The van der Waals surface area contributed by atoms with E-state index in [4.69, 9.17) is 4.74 Å². The number of nitrogens with one attached hydrogen (secondary N) is 2. The van der Waals surface area contributed by atoms with Gasteiger partial charge in [-0.25, -0.2) is 4.79 Å². The first kappa shape index (κ1) is 18.9. The van der Waals surface area contributed by atoms with Crippen LogP contribution in [0.1, 0.15) is 19.8 Å². The molecular weight excluding hydrogens is 320 g/mol. The van der Waals surface area contributed by atoms with E-state index in [0.29, 0.717) is 19.7 Å². The van der Waals surface area contributed by atoms with Crippen LogP contribution in [0.5, 0.6) is 0 Å². The van der Waals surface area contributed by atoms with Crippen LogP contribution in [0.15, 0.2) is 24.3 Å². The number of hydrogen-bond donors (Lipinski definition) is 2. The van der Waals surface area contributed by atoms with Gasteiger partial charge < -0.3 is 25.2 Å². The van der Waals surface area contributed by atoms with Crippen LogP contribution in [0.2, 0.25) is 0 Å². The maximum atomic E-state index is 12.1. The van der Waals surface area contributed by atoms with Crippen molar-refractivity contribution in [3.8, 4) is 0 Å². The van der Waals surface area contributed by atoms with Crippen LogP contribution in [0.3, 0.4) is 0 Å². The van der Waals surface area contributed by atoms with Crippen LogP contribution in [0, 0.1) is 0 Å². The molecule has 0 saturated carbocycles. The first-order chi connectivity index (χ1) is 12.0. The maximum Gasteiger partial charge on any atom is 0.409 e. The molecular formula is C18H28N4O3. The second-order valence-corrected chi connectivity index (χ2v) is 6.32. The molecule has 138 valence electrons. The highest BCUT2D eigenvalue weighted by Gasteiger charge is 2.24. The fourth-order valence-corrected chi connectivity index (χ4v) is 2.76. The third-order valence-corrected chi connectivity index (χ3v) is 4.22. The summed E-state index contributed by atoms with van der Waals surface area (Å²) in [6.07, 6.45) is 1.24. The highest BCUT2D eigenvalue weighted by molar-refractivity contribution is 5.81. The lowest BCUT2D eigenvalue weighted by molar-refractivity contribution is -0.120. The van der Waals surface area contributed by atoms with Gasteiger partial charge in [-0.05, 0) is 44.0 Å². The summed E-state index contributed by atoms with van der Waals surface area (Å²) in [5.41, 5.74) is 2.03. The highest BCUT2D eigenvalue weighted by atomic mass is 16.6. The zero-order valence-electron chi connectivity index (χ0n) is 15.2. The van der Waals surface area contributed by atoms with E-state index < -0.39 is 0 Å². The van der Waals surface area contributed by atoms with Crippen LogP contribution >= 0.6 is 0 Å². The molecule has 0 unspecified atom stereocenters. The molecule has 7 nitrogen and oxygen atoms in total. The second-order valence-electron chi connectivity index (χ2n) is 6.32. The average Bonchev–Trinajstić information content (AvgIpc) is 2.61. The lowest BCUT2D eigenvalue weighted by Gasteiger charge is -2.31. The van der Waals surface area contributed by atoms with E-state index in [1.807, 2.05) is 43.3 Å². The average molecular weight is 348 g/mol. The van der Waals surface area contributed by atoms with Crippen molar-refractivity contribution in [1.82, 2.24) is 10.2 Å². The Morgan fingerprint density at radius 1 is 1.20 bits per heavy atom. The second kappa shape index (κ2) is 9.15. The summed E-state index contributed by atoms with van der Waals surface area (Å²) in [5.74, 6) is -0.0359. The summed E-state index contributed by atoms with van der Waals surface area (Å²) in [6, 6.07) is 8.04. The minimum Gasteiger partial charge on any atom is -0.450 e. The molecule has 25 heavy (non-hydrogen) atoms. The number of likely N-dealkylation sites (tertiary alicyclic amines) is 1. The molecule has 1 aliphatic heterocycles. The molecule has 2 amide bonds. The molecule has 2 rings (SSSR count). The van der Waals surface area contributed by atoms with E-state index in [2.05, 4.69) is 10.6 Å². The highest BCUT2D eigenvalue weighted by Crippen LogP contribution is 2.15. The van der Waals surface area contributed by atoms with Gasteiger partial charge in [-0.15, -0.1) is 0 Å². The Morgan fingerprint density at radius 2 is 1.84 bits per heavy atom. The van der Waals surface area contributed by atoms with Crippen molar-refractivity contribution < 1.29 is 14.3 Å². The molecule has 1 fully saturated rings. The van der Waals surface area contributed by atoms with Gasteiger partial charge in [0, 0.05) is 44.6 Å². The van der Waals surface area contributed by atoms with E-state index in [-0.39, 0.29) is 24.6 Å². The molecule has 0 spiro atoms. The summed E-state index contributed by atoms with van der Waals surface area (Å²) in [6.45, 7) is 3.65. The summed E-state index contributed by atoms with van der Waals surface area (Å²) in [5, 5.41) is 6.15. The molecule has 1 aromatic rings. The molecule has 1 heterocycles. The number of carbonyl (C=O) groups excluding carboxylic acids is 2. The lowest BCUT2D eigenvalue weighted by Crippen LogP contribution is -2.47. The van der Waals surface area contributed by atoms with E-state index in [9.17, 15) is 9.59 Å². The molecule has 0 atom stereocenters. The first-order valence-electron chi connectivity index (χ1n) is 8.72. The lowest BCUT2D eigenvalue weighted by atomic mass is 10.1. The molecule has 2 N–H and O–H groups in total. The number of carbonyl (C=O) groups is 2. The Labute approximate surface area is 149 Å². The first-order valence-corrected chi connectivity index (χ1v) is 8.72. The number of piperidine rings is 1. The van der Waals surface area contributed by atoms with Crippen molar-refractivity contribution in [2.24, 2.45) is 0 Å². The van der Waals surface area contributed by atoms with Crippen molar-refractivity contribution >= 4 is 23.4 Å². The van der Waals surface area contributed by atoms with Crippen molar-refractivity contribution in [1.29, 1.82) is 0 Å². The van der Waals surface area contributed by atoms with Gasteiger partial charge in [0.25, 0.3) is 0 Å². The minimum atomic E-state index is -0.268. The smallest absolute Gasteiger partial charge is 0.409 e. The number of amides is 2. The monoisotopic (exact) mass is 348 g/mol. The quantitative estimate of drug-likeness (QED) is 0.821. The van der Waals surface area contributed by atoms with E-state index in [1.165, 1.54) is 0 Å². The maximum absolute atomic E-state index is 12.1. The van der Waals surface area contributed by atoms with Gasteiger partial charge in [0.15, 0.2) is 0 Å². The summed E-state index contributed by atoms with van der Waals surface area (Å²) < 4.78 is 4.99. The van der Waals surface area contributed by atoms with Gasteiger partial charge >= 0.3 is 6.09 Å². The van der Waals surface area contributed by atoms with Gasteiger partial charge in [0.1, 0.15) is 0 Å². The van der Waals surface area contributed by atoms with Crippen LogP contribution in [-0.2, 0) is 9.53 Å². The van der Waals surface area contributed by atoms with E-state index >= 15 is 0 Å². The molecule has 0 aromatic heterocycles. The van der Waals surface area contributed by atoms with E-state index in [1.54, 1.807) is 11.8 Å². The zero-order valence-corrected chi connectivity index (χ0v) is 15.2. The van der Waals surface area contributed by atoms with Crippen LogP contribution in [-0.4, -0.2) is 63.3 Å². The number of benzene rings is 1. The van der Waals surface area contributed by atoms with Crippen molar-refractivity contribution in [3.05, 3.63) is 24.3 Å². The van der Waals surface area contributed by atoms with Gasteiger partial charge in [-0.2, -0.15) is 0 Å². The molecule has 0 radical (unpaired) electrons. The van der Waals surface area contributed by atoms with Gasteiger partial charge in [-0.1, -0.05) is 0 Å². The number of anilines is 2. The van der Waals surface area contributed by atoms with Crippen molar-refractivity contribution in [2.75, 3.05) is 50.6 Å². The largest absolute Gasteiger partial charge is 0.450 e. The Bertz CT molecular complexity index is 566. The zero-order chi connectivity index (χ0) is 18.2. The molecule has 1 saturated heterocycles. The fourth-order valence-electron chi connectivity index (χ4n) is 2.76. The fraction of sp³-hybridized carbons (Fsp3) is 0.556. The van der Waals surface area contributed by atoms with Crippen LogP contribution in [0.25, 0.3) is 0 Å². The Hall–Kier alpha value is -2.44. The van der Waals surface area contributed by atoms with Gasteiger partial charge in [0.05, 0.1) is 13.2 Å².